The van der Waals surface area contributed by atoms with E-state index in [2.05, 4.69) is 45.0 Å². The summed E-state index contributed by atoms with van der Waals surface area (Å²) < 4.78 is 5.45. The highest BCUT2D eigenvalue weighted by Gasteiger charge is 2.16. The van der Waals surface area contributed by atoms with Crippen molar-refractivity contribution in [2.75, 3.05) is 13.2 Å². The van der Waals surface area contributed by atoms with Crippen molar-refractivity contribution in [2.24, 2.45) is 0 Å². The summed E-state index contributed by atoms with van der Waals surface area (Å²) in [4.78, 5) is 6.40. The van der Waals surface area contributed by atoms with Crippen LogP contribution in [-0.2, 0) is 17.6 Å². The predicted octanol–water partition coefficient (Wildman–Crippen LogP) is 5.44. The predicted molar refractivity (Wildman–Crippen MR) is 99.1 cm³/mol. The van der Waals surface area contributed by atoms with Crippen LogP contribution in [0.1, 0.15) is 48.4 Å². The van der Waals surface area contributed by atoms with Crippen molar-refractivity contribution in [3.05, 3.63) is 46.0 Å². The molecule has 0 radical (unpaired) electrons. The van der Waals surface area contributed by atoms with E-state index < -0.39 is 0 Å². The number of thiazole rings is 1. The summed E-state index contributed by atoms with van der Waals surface area (Å²) in [5, 5.41) is 1.18. The van der Waals surface area contributed by atoms with Gasteiger partial charge in [0.2, 0.25) is 0 Å². The molecule has 0 fully saturated rings. The number of ether oxygens (including phenoxy) is 1. The largest absolute Gasteiger partial charge is 0.377 e. The molecule has 2 aromatic rings. The standard InChI is InChI=1S/C20H25NOS/c1-4-7-18-19(5-2)23-20(21-18)17-9-6-8-16(14(17)3)15-10-12-22-13-11-15/h6,8-10H,4-5,7,11-13H2,1-3H3. The van der Waals surface area contributed by atoms with Gasteiger partial charge < -0.3 is 4.74 Å². The molecule has 0 saturated heterocycles. The summed E-state index contributed by atoms with van der Waals surface area (Å²) in [7, 11) is 0. The highest BCUT2D eigenvalue weighted by Crippen LogP contribution is 2.35. The van der Waals surface area contributed by atoms with Gasteiger partial charge in [0.1, 0.15) is 5.01 Å². The molecule has 1 aromatic heterocycles. The van der Waals surface area contributed by atoms with Crippen molar-refractivity contribution in [1.82, 2.24) is 4.98 Å². The van der Waals surface area contributed by atoms with E-state index in [9.17, 15) is 0 Å². The lowest BCUT2D eigenvalue weighted by Crippen LogP contribution is -2.05. The first kappa shape index (κ1) is 16.4. The van der Waals surface area contributed by atoms with Crippen LogP contribution in [0.25, 0.3) is 16.1 Å². The number of nitrogens with zero attached hydrogens (tertiary/aromatic N) is 1. The Labute approximate surface area is 143 Å². The Bertz CT molecular complexity index is 714. The van der Waals surface area contributed by atoms with Crippen molar-refractivity contribution in [1.29, 1.82) is 0 Å². The van der Waals surface area contributed by atoms with Crippen LogP contribution in [0.2, 0.25) is 0 Å². The summed E-state index contributed by atoms with van der Waals surface area (Å²) in [6.07, 6.45) is 6.54. The Kier molecular flexibility index (Phi) is 5.29. The van der Waals surface area contributed by atoms with Crippen molar-refractivity contribution < 1.29 is 4.74 Å². The van der Waals surface area contributed by atoms with Gasteiger partial charge in [0.15, 0.2) is 0 Å². The first-order chi connectivity index (χ1) is 11.2. The minimum absolute atomic E-state index is 0.733. The number of rotatable bonds is 5. The molecule has 0 spiro atoms. The SMILES string of the molecule is CCCc1nc(-c2cccc(C3=CCOCC3)c2C)sc1CC. The van der Waals surface area contributed by atoms with E-state index in [1.54, 1.807) is 0 Å². The minimum Gasteiger partial charge on any atom is -0.377 e. The summed E-state index contributed by atoms with van der Waals surface area (Å²) in [5.41, 5.74) is 6.70. The molecule has 1 aliphatic heterocycles. The lowest BCUT2D eigenvalue weighted by atomic mass is 9.94. The third kappa shape index (κ3) is 3.41. The van der Waals surface area contributed by atoms with E-state index in [1.165, 1.54) is 37.8 Å². The maximum absolute atomic E-state index is 5.45. The van der Waals surface area contributed by atoms with Gasteiger partial charge in [0.05, 0.1) is 18.9 Å². The van der Waals surface area contributed by atoms with Crippen molar-refractivity contribution in [2.45, 2.75) is 46.5 Å². The monoisotopic (exact) mass is 327 g/mol. The zero-order valence-electron chi connectivity index (χ0n) is 14.3. The van der Waals surface area contributed by atoms with Gasteiger partial charge in [-0.2, -0.15) is 0 Å². The Morgan fingerprint density at radius 3 is 2.74 bits per heavy atom. The van der Waals surface area contributed by atoms with Gasteiger partial charge in [-0.05, 0) is 42.9 Å². The zero-order valence-corrected chi connectivity index (χ0v) is 15.1. The molecule has 1 aromatic carbocycles. The minimum atomic E-state index is 0.733. The smallest absolute Gasteiger partial charge is 0.124 e. The molecule has 0 unspecified atom stereocenters. The van der Waals surface area contributed by atoms with Gasteiger partial charge >= 0.3 is 0 Å². The molecule has 0 saturated carbocycles. The van der Waals surface area contributed by atoms with Crippen LogP contribution in [0.4, 0.5) is 0 Å². The lowest BCUT2D eigenvalue weighted by molar-refractivity contribution is 0.161. The van der Waals surface area contributed by atoms with E-state index in [0.717, 1.165) is 38.9 Å². The Morgan fingerprint density at radius 2 is 2.04 bits per heavy atom. The van der Waals surface area contributed by atoms with Crippen LogP contribution in [0.3, 0.4) is 0 Å². The van der Waals surface area contributed by atoms with Gasteiger partial charge in [-0.15, -0.1) is 11.3 Å². The second-order valence-corrected chi connectivity index (χ2v) is 7.11. The Balaban J connectivity index is 2.02. The molecule has 2 heterocycles. The number of aromatic nitrogens is 1. The summed E-state index contributed by atoms with van der Waals surface area (Å²) >= 11 is 1.87. The Hall–Kier alpha value is -1.45. The van der Waals surface area contributed by atoms with Crippen molar-refractivity contribution in [3.63, 3.8) is 0 Å². The molecule has 0 atom stereocenters. The fourth-order valence-corrected chi connectivity index (χ4v) is 4.32. The molecule has 3 rings (SSSR count). The van der Waals surface area contributed by atoms with Crippen molar-refractivity contribution in [3.8, 4) is 10.6 Å². The van der Waals surface area contributed by atoms with Crippen molar-refractivity contribution >= 4 is 16.9 Å². The van der Waals surface area contributed by atoms with Crippen LogP contribution in [0, 0.1) is 6.92 Å². The molecule has 122 valence electrons. The second kappa shape index (κ2) is 7.41. The average Bonchev–Trinajstić information content (AvgIpc) is 2.99. The summed E-state index contributed by atoms with van der Waals surface area (Å²) in [5.74, 6) is 0. The zero-order chi connectivity index (χ0) is 16.2. The molecule has 1 aliphatic rings. The maximum Gasteiger partial charge on any atom is 0.124 e. The molecular formula is C20H25NOS. The Morgan fingerprint density at radius 1 is 1.22 bits per heavy atom. The summed E-state index contributed by atoms with van der Waals surface area (Å²) in [6.45, 7) is 8.24. The van der Waals surface area contributed by atoms with E-state index in [1.807, 2.05) is 11.3 Å². The van der Waals surface area contributed by atoms with Crippen LogP contribution in [0.15, 0.2) is 24.3 Å². The molecule has 0 aliphatic carbocycles. The molecule has 3 heteroatoms. The van der Waals surface area contributed by atoms with Crippen LogP contribution in [-0.4, -0.2) is 18.2 Å². The second-order valence-electron chi connectivity index (χ2n) is 6.02. The fourth-order valence-electron chi connectivity index (χ4n) is 3.19. The summed E-state index contributed by atoms with van der Waals surface area (Å²) in [6, 6.07) is 6.62. The van der Waals surface area contributed by atoms with Gasteiger partial charge in [0, 0.05) is 10.4 Å². The number of hydrogen-bond acceptors (Lipinski definition) is 3. The molecule has 23 heavy (non-hydrogen) atoms. The highest BCUT2D eigenvalue weighted by atomic mass is 32.1. The first-order valence-electron chi connectivity index (χ1n) is 8.60. The quantitative estimate of drug-likeness (QED) is 0.730. The number of hydrogen-bond donors (Lipinski definition) is 0. The normalized spacial score (nSPS) is 14.8. The highest BCUT2D eigenvalue weighted by molar-refractivity contribution is 7.15. The third-order valence-electron chi connectivity index (χ3n) is 4.46. The van der Waals surface area contributed by atoms with Crippen LogP contribution < -0.4 is 0 Å². The van der Waals surface area contributed by atoms with E-state index in [4.69, 9.17) is 9.72 Å². The molecule has 0 amide bonds. The van der Waals surface area contributed by atoms with E-state index in [-0.39, 0.29) is 0 Å². The van der Waals surface area contributed by atoms with Gasteiger partial charge in [0.25, 0.3) is 0 Å². The third-order valence-corrected chi connectivity index (χ3v) is 5.73. The van der Waals surface area contributed by atoms with Gasteiger partial charge in [-0.25, -0.2) is 4.98 Å². The van der Waals surface area contributed by atoms with Crippen LogP contribution >= 0.6 is 11.3 Å². The lowest BCUT2D eigenvalue weighted by Gasteiger charge is -2.17. The van der Waals surface area contributed by atoms with Crippen LogP contribution in [0.5, 0.6) is 0 Å². The average molecular weight is 327 g/mol. The number of benzene rings is 1. The first-order valence-corrected chi connectivity index (χ1v) is 9.42. The van der Waals surface area contributed by atoms with E-state index in [0.29, 0.717) is 0 Å². The molecule has 2 nitrogen and oxygen atoms in total. The fraction of sp³-hybridized carbons (Fsp3) is 0.450. The topological polar surface area (TPSA) is 22.1 Å². The van der Waals surface area contributed by atoms with Gasteiger partial charge in [-0.3, -0.25) is 0 Å². The number of aryl methyl sites for hydroxylation is 2. The maximum atomic E-state index is 5.45. The molecule has 0 N–H and O–H groups in total. The van der Waals surface area contributed by atoms with E-state index >= 15 is 0 Å². The molecule has 0 bridgehead atoms. The van der Waals surface area contributed by atoms with Gasteiger partial charge in [-0.1, -0.05) is 44.5 Å². The molecular weight excluding hydrogens is 302 g/mol.